The van der Waals surface area contributed by atoms with E-state index in [-0.39, 0.29) is 24.4 Å². The summed E-state index contributed by atoms with van der Waals surface area (Å²) in [6, 6.07) is 0. The zero-order valence-corrected chi connectivity index (χ0v) is 13.7. The Morgan fingerprint density at radius 3 is 2.50 bits per heavy atom. The van der Waals surface area contributed by atoms with E-state index in [1.807, 2.05) is 13.8 Å². The van der Waals surface area contributed by atoms with Gasteiger partial charge in [-0.3, -0.25) is 23.1 Å². The van der Waals surface area contributed by atoms with E-state index in [0.717, 1.165) is 11.3 Å². The third-order valence-corrected chi connectivity index (χ3v) is 4.74. The normalized spacial score (nSPS) is 11.5. The molecule has 0 bridgehead atoms. The number of carbonyl (C=O) groups excluding carboxylic acids is 1. The van der Waals surface area contributed by atoms with Gasteiger partial charge in [-0.1, -0.05) is 13.8 Å². The highest BCUT2D eigenvalue weighted by atomic mass is 32.1. The van der Waals surface area contributed by atoms with Gasteiger partial charge >= 0.3 is 5.69 Å². The topological polar surface area (TPSA) is 61.1 Å². The van der Waals surface area contributed by atoms with Crippen molar-refractivity contribution in [1.29, 1.82) is 0 Å². The van der Waals surface area contributed by atoms with Gasteiger partial charge in [0, 0.05) is 13.1 Å². The van der Waals surface area contributed by atoms with Gasteiger partial charge in [-0.25, -0.2) is 4.79 Å². The van der Waals surface area contributed by atoms with Crippen LogP contribution in [0.1, 0.15) is 35.5 Å². The minimum atomic E-state index is -0.540. The van der Waals surface area contributed by atoms with Gasteiger partial charge in [-0.05, 0) is 24.8 Å². The van der Waals surface area contributed by atoms with E-state index >= 15 is 0 Å². The van der Waals surface area contributed by atoms with Gasteiger partial charge in [0.05, 0.1) is 16.9 Å². The number of alkyl halides is 1. The van der Waals surface area contributed by atoms with Crippen LogP contribution in [0, 0.1) is 12.8 Å². The fraction of sp³-hybridized carbons (Fsp3) is 0.533. The third-order valence-electron chi connectivity index (χ3n) is 3.50. The molecule has 0 aliphatic carbocycles. The summed E-state index contributed by atoms with van der Waals surface area (Å²) in [5.41, 5.74) is -0.211. The molecule has 22 heavy (non-hydrogen) atoms. The molecule has 0 aliphatic rings. The first-order valence-electron chi connectivity index (χ1n) is 7.20. The summed E-state index contributed by atoms with van der Waals surface area (Å²) in [6.45, 7) is 5.49. The Labute approximate surface area is 131 Å². The number of nitrogens with zero attached hydrogens (tertiary/aromatic N) is 2. The maximum absolute atomic E-state index is 12.6. The van der Waals surface area contributed by atoms with Gasteiger partial charge in [0.25, 0.3) is 5.56 Å². The van der Waals surface area contributed by atoms with E-state index in [9.17, 15) is 18.8 Å². The average molecular weight is 326 g/mol. The fourth-order valence-corrected chi connectivity index (χ4v) is 3.60. The SMILES string of the molecule is Cc1c(C=O)sc2c1c(=O)n(CC(C)C)c(=O)n2CCCF. The molecule has 0 aliphatic heterocycles. The molecule has 0 saturated carbocycles. The Kier molecular flexibility index (Phi) is 4.95. The molecule has 0 amide bonds. The summed E-state index contributed by atoms with van der Waals surface area (Å²) in [5, 5.41) is 0.395. The van der Waals surface area contributed by atoms with Gasteiger partial charge < -0.3 is 0 Å². The number of halogens is 1. The van der Waals surface area contributed by atoms with E-state index < -0.39 is 12.4 Å². The predicted octanol–water partition coefficient (Wildman–Crippen LogP) is 2.36. The number of aryl methyl sites for hydroxylation is 2. The first kappa shape index (κ1) is 16.6. The number of aldehydes is 1. The second-order valence-electron chi connectivity index (χ2n) is 5.68. The summed E-state index contributed by atoms with van der Waals surface area (Å²) < 4.78 is 15.1. The van der Waals surface area contributed by atoms with Gasteiger partial charge in [0.2, 0.25) is 0 Å². The highest BCUT2D eigenvalue weighted by molar-refractivity contribution is 7.20. The van der Waals surface area contributed by atoms with Crippen molar-refractivity contribution in [1.82, 2.24) is 9.13 Å². The molecule has 2 heterocycles. The smallest absolute Gasteiger partial charge is 0.297 e. The molecule has 120 valence electrons. The standard InChI is InChI=1S/C15H19FN2O3S/c1-9(2)7-18-13(20)12-10(3)11(8-19)22-14(12)17(15(18)21)6-4-5-16/h8-9H,4-7H2,1-3H3. The maximum atomic E-state index is 12.6. The van der Waals surface area contributed by atoms with Gasteiger partial charge in [-0.2, -0.15) is 0 Å². The second-order valence-corrected chi connectivity index (χ2v) is 6.71. The fourth-order valence-electron chi connectivity index (χ4n) is 2.47. The van der Waals surface area contributed by atoms with E-state index in [1.54, 1.807) is 6.92 Å². The molecule has 0 unspecified atom stereocenters. The van der Waals surface area contributed by atoms with Gasteiger partial charge in [0.15, 0.2) is 6.29 Å². The molecule has 0 atom stereocenters. The zero-order chi connectivity index (χ0) is 16.4. The highest BCUT2D eigenvalue weighted by Gasteiger charge is 2.19. The number of fused-ring (bicyclic) bond motifs is 1. The van der Waals surface area contributed by atoms with Crippen molar-refractivity contribution in [3.05, 3.63) is 31.3 Å². The largest absolute Gasteiger partial charge is 0.332 e. The summed E-state index contributed by atoms with van der Waals surface area (Å²) >= 11 is 1.12. The quantitative estimate of drug-likeness (QED) is 0.766. The summed E-state index contributed by atoms with van der Waals surface area (Å²) in [4.78, 5) is 37.2. The molecule has 0 N–H and O–H groups in total. The lowest BCUT2D eigenvalue weighted by molar-refractivity contribution is 0.112. The second kappa shape index (κ2) is 6.56. The number of rotatable bonds is 6. The third kappa shape index (κ3) is 2.77. The van der Waals surface area contributed by atoms with Crippen molar-refractivity contribution in [2.24, 2.45) is 5.92 Å². The number of carbonyl (C=O) groups is 1. The Morgan fingerprint density at radius 1 is 1.27 bits per heavy atom. The van der Waals surface area contributed by atoms with E-state index in [2.05, 4.69) is 0 Å². The molecule has 2 aromatic rings. The van der Waals surface area contributed by atoms with Gasteiger partial charge in [0.1, 0.15) is 4.83 Å². The van der Waals surface area contributed by atoms with Crippen molar-refractivity contribution in [2.45, 2.75) is 40.3 Å². The van der Waals surface area contributed by atoms with Crippen LogP contribution in [0.4, 0.5) is 4.39 Å². The Morgan fingerprint density at radius 2 is 1.95 bits per heavy atom. The van der Waals surface area contributed by atoms with E-state index in [4.69, 9.17) is 0 Å². The van der Waals surface area contributed by atoms with Crippen LogP contribution in [-0.4, -0.2) is 22.1 Å². The van der Waals surface area contributed by atoms with E-state index in [1.165, 1.54) is 9.13 Å². The molecule has 0 radical (unpaired) electrons. The first-order valence-corrected chi connectivity index (χ1v) is 8.01. The Hall–Kier alpha value is -1.76. The van der Waals surface area contributed by atoms with Crippen molar-refractivity contribution in [3.63, 3.8) is 0 Å². The Balaban J connectivity index is 2.86. The Bertz CT molecular complexity index is 817. The van der Waals surface area contributed by atoms with Crippen LogP contribution in [-0.2, 0) is 13.1 Å². The maximum Gasteiger partial charge on any atom is 0.332 e. The lowest BCUT2D eigenvalue weighted by atomic mass is 10.2. The van der Waals surface area contributed by atoms with Crippen LogP contribution < -0.4 is 11.2 Å². The molecule has 0 saturated heterocycles. The summed E-state index contributed by atoms with van der Waals surface area (Å²) in [5.74, 6) is 0.127. The molecule has 2 aromatic heterocycles. The number of hydrogen-bond acceptors (Lipinski definition) is 4. The minimum absolute atomic E-state index is 0.127. The molecule has 0 fully saturated rings. The average Bonchev–Trinajstić information content (AvgIpc) is 2.80. The molecule has 2 rings (SSSR count). The first-order chi connectivity index (χ1) is 10.4. The van der Waals surface area contributed by atoms with Crippen LogP contribution in [0.2, 0.25) is 0 Å². The van der Waals surface area contributed by atoms with Crippen molar-refractivity contribution < 1.29 is 9.18 Å². The monoisotopic (exact) mass is 326 g/mol. The van der Waals surface area contributed by atoms with Crippen molar-refractivity contribution in [2.75, 3.05) is 6.67 Å². The molecular weight excluding hydrogens is 307 g/mol. The lowest BCUT2D eigenvalue weighted by Gasteiger charge is -2.13. The number of hydrogen-bond donors (Lipinski definition) is 0. The van der Waals surface area contributed by atoms with Crippen LogP contribution in [0.3, 0.4) is 0 Å². The molecule has 0 aromatic carbocycles. The molecule has 5 nitrogen and oxygen atoms in total. The highest BCUT2D eigenvalue weighted by Crippen LogP contribution is 2.26. The summed E-state index contributed by atoms with van der Waals surface area (Å²) in [7, 11) is 0. The predicted molar refractivity (Wildman–Crippen MR) is 85.9 cm³/mol. The van der Waals surface area contributed by atoms with Crippen LogP contribution >= 0.6 is 11.3 Å². The molecular formula is C15H19FN2O3S. The summed E-state index contributed by atoms with van der Waals surface area (Å²) in [6.07, 6.45) is 0.887. The van der Waals surface area contributed by atoms with Crippen molar-refractivity contribution in [3.8, 4) is 0 Å². The molecule has 7 heteroatoms. The van der Waals surface area contributed by atoms with E-state index in [0.29, 0.717) is 33.5 Å². The van der Waals surface area contributed by atoms with Crippen molar-refractivity contribution >= 4 is 27.8 Å². The number of aromatic nitrogens is 2. The zero-order valence-electron chi connectivity index (χ0n) is 12.9. The minimum Gasteiger partial charge on any atom is -0.297 e. The molecule has 0 spiro atoms. The number of thiophene rings is 1. The van der Waals surface area contributed by atoms with Crippen LogP contribution in [0.25, 0.3) is 10.2 Å². The van der Waals surface area contributed by atoms with Crippen LogP contribution in [0.15, 0.2) is 9.59 Å². The van der Waals surface area contributed by atoms with Crippen LogP contribution in [0.5, 0.6) is 0 Å². The van der Waals surface area contributed by atoms with Gasteiger partial charge in [-0.15, -0.1) is 11.3 Å². The lowest BCUT2D eigenvalue weighted by Crippen LogP contribution is -2.41.